The number of aromatic nitrogens is 3. The molecule has 0 spiro atoms. The van der Waals surface area contributed by atoms with Crippen LogP contribution in [0.2, 0.25) is 0 Å². The number of benzene rings is 2. The molecule has 2 heterocycles. The van der Waals surface area contributed by atoms with Crippen LogP contribution in [-0.2, 0) is 13.7 Å². The number of nitrogens with zero attached hydrogens (tertiary/aromatic N) is 3. The average molecular weight is 347 g/mol. The molecular formula is C20H17N3O3. The van der Waals surface area contributed by atoms with Gasteiger partial charge < -0.3 is 13.7 Å². The van der Waals surface area contributed by atoms with Crippen LogP contribution in [0, 0.1) is 6.92 Å². The van der Waals surface area contributed by atoms with E-state index in [0.717, 1.165) is 5.56 Å². The predicted molar refractivity (Wildman–Crippen MR) is 98.0 cm³/mol. The van der Waals surface area contributed by atoms with Gasteiger partial charge in [0, 0.05) is 12.6 Å². The highest BCUT2D eigenvalue weighted by Crippen LogP contribution is 2.22. The maximum Gasteiger partial charge on any atom is 0.261 e. The summed E-state index contributed by atoms with van der Waals surface area (Å²) in [6, 6.07) is 13.3. The van der Waals surface area contributed by atoms with Crippen molar-refractivity contribution in [3.05, 3.63) is 76.8 Å². The third-order valence-electron chi connectivity index (χ3n) is 4.14. The van der Waals surface area contributed by atoms with Crippen molar-refractivity contribution in [1.82, 2.24) is 14.5 Å². The van der Waals surface area contributed by atoms with Gasteiger partial charge in [0.05, 0.1) is 23.4 Å². The summed E-state index contributed by atoms with van der Waals surface area (Å²) >= 11 is 0. The van der Waals surface area contributed by atoms with E-state index in [0.29, 0.717) is 28.3 Å². The van der Waals surface area contributed by atoms with E-state index in [1.807, 2.05) is 31.2 Å². The lowest BCUT2D eigenvalue weighted by Crippen LogP contribution is -2.16. The normalized spacial score (nSPS) is 11.0. The van der Waals surface area contributed by atoms with Crippen LogP contribution < -0.4 is 10.3 Å². The third kappa shape index (κ3) is 3.09. The Morgan fingerprint density at radius 2 is 1.92 bits per heavy atom. The maximum atomic E-state index is 12.2. The first-order chi connectivity index (χ1) is 12.6. The molecule has 0 N–H and O–H groups in total. The minimum atomic E-state index is -0.113. The van der Waals surface area contributed by atoms with Crippen molar-refractivity contribution in [2.75, 3.05) is 0 Å². The summed E-state index contributed by atoms with van der Waals surface area (Å²) in [7, 11) is 1.67. The van der Waals surface area contributed by atoms with Gasteiger partial charge in [-0.25, -0.2) is 9.97 Å². The summed E-state index contributed by atoms with van der Waals surface area (Å²) in [5, 5.41) is 0.514. The molecule has 2 aromatic heterocycles. The number of ether oxygens (including phenoxy) is 1. The second kappa shape index (κ2) is 6.48. The van der Waals surface area contributed by atoms with E-state index in [4.69, 9.17) is 9.15 Å². The van der Waals surface area contributed by atoms with Gasteiger partial charge in [0.2, 0.25) is 5.89 Å². The van der Waals surface area contributed by atoms with E-state index in [1.54, 1.807) is 31.4 Å². The van der Waals surface area contributed by atoms with Gasteiger partial charge in [-0.3, -0.25) is 4.79 Å². The Bertz CT molecular complexity index is 1130. The zero-order valence-electron chi connectivity index (χ0n) is 14.5. The van der Waals surface area contributed by atoms with Crippen molar-refractivity contribution in [3.8, 4) is 17.1 Å². The Balaban J connectivity index is 1.52. The number of fused-ring (bicyclic) bond motifs is 1. The minimum absolute atomic E-state index is 0.113. The Kier molecular flexibility index (Phi) is 4.01. The van der Waals surface area contributed by atoms with Crippen molar-refractivity contribution in [3.63, 3.8) is 0 Å². The Labute approximate surface area is 149 Å². The van der Waals surface area contributed by atoms with Gasteiger partial charge in [-0.05, 0) is 25.1 Å². The molecule has 0 saturated carbocycles. The second-order valence-electron chi connectivity index (χ2n) is 6.11. The Morgan fingerprint density at radius 3 is 2.73 bits per heavy atom. The Hall–Kier alpha value is -3.41. The molecule has 0 aliphatic heterocycles. The van der Waals surface area contributed by atoms with Gasteiger partial charge in [-0.1, -0.05) is 29.8 Å². The summed E-state index contributed by atoms with van der Waals surface area (Å²) in [6.45, 7) is 2.22. The molecule has 2 aromatic carbocycles. The quantitative estimate of drug-likeness (QED) is 0.565. The summed E-state index contributed by atoms with van der Waals surface area (Å²) in [5.74, 6) is 1.73. The highest BCUT2D eigenvalue weighted by atomic mass is 16.5. The van der Waals surface area contributed by atoms with E-state index in [9.17, 15) is 4.79 Å². The first-order valence-corrected chi connectivity index (χ1v) is 8.20. The zero-order valence-corrected chi connectivity index (χ0v) is 14.5. The molecule has 0 fully saturated rings. The van der Waals surface area contributed by atoms with Crippen LogP contribution in [0.4, 0.5) is 0 Å². The molecule has 0 radical (unpaired) electrons. The number of oxazole rings is 1. The van der Waals surface area contributed by atoms with Crippen molar-refractivity contribution in [1.29, 1.82) is 0 Å². The fourth-order valence-corrected chi connectivity index (χ4v) is 2.65. The fraction of sp³-hybridized carbons (Fsp3) is 0.150. The highest BCUT2D eigenvalue weighted by molar-refractivity contribution is 5.78. The highest BCUT2D eigenvalue weighted by Gasteiger charge is 2.08. The van der Waals surface area contributed by atoms with Crippen molar-refractivity contribution < 1.29 is 9.15 Å². The van der Waals surface area contributed by atoms with Crippen LogP contribution in [0.25, 0.3) is 22.2 Å². The molecule has 6 heteroatoms. The van der Waals surface area contributed by atoms with E-state index < -0.39 is 0 Å². The smallest absolute Gasteiger partial charge is 0.261 e. The average Bonchev–Trinajstić information content (AvgIpc) is 3.13. The molecule has 6 nitrogen and oxygen atoms in total. The van der Waals surface area contributed by atoms with Gasteiger partial charge in [0.25, 0.3) is 5.56 Å². The molecule has 0 aliphatic rings. The molecule has 4 aromatic rings. The minimum Gasteiger partial charge on any atom is -0.484 e. The lowest BCUT2D eigenvalue weighted by Gasteiger charge is -2.05. The Morgan fingerprint density at radius 1 is 1.12 bits per heavy atom. The van der Waals surface area contributed by atoms with Crippen LogP contribution in [0.1, 0.15) is 11.5 Å². The number of rotatable bonds is 4. The molecule has 26 heavy (non-hydrogen) atoms. The van der Waals surface area contributed by atoms with Gasteiger partial charge in [-0.2, -0.15) is 0 Å². The predicted octanol–water partition coefficient (Wildman–Crippen LogP) is 3.48. The molecule has 0 amide bonds. The van der Waals surface area contributed by atoms with Crippen LogP contribution in [-0.4, -0.2) is 14.5 Å². The van der Waals surface area contributed by atoms with Crippen LogP contribution in [0.5, 0.6) is 5.75 Å². The summed E-state index contributed by atoms with van der Waals surface area (Å²) in [4.78, 5) is 20.7. The van der Waals surface area contributed by atoms with Crippen molar-refractivity contribution in [2.45, 2.75) is 13.5 Å². The largest absolute Gasteiger partial charge is 0.484 e. The van der Waals surface area contributed by atoms with Crippen LogP contribution in [0.15, 0.2) is 64.2 Å². The number of hydrogen-bond donors (Lipinski definition) is 0. The fourth-order valence-electron chi connectivity index (χ4n) is 2.65. The first-order valence-electron chi connectivity index (χ1n) is 8.20. The zero-order chi connectivity index (χ0) is 18.1. The van der Waals surface area contributed by atoms with Gasteiger partial charge in [0.1, 0.15) is 5.75 Å². The number of hydrogen-bond acceptors (Lipinski definition) is 5. The topological polar surface area (TPSA) is 70.2 Å². The van der Waals surface area contributed by atoms with Gasteiger partial charge in [-0.15, -0.1) is 0 Å². The lowest BCUT2D eigenvalue weighted by molar-refractivity contribution is 0.265. The van der Waals surface area contributed by atoms with Crippen molar-refractivity contribution in [2.24, 2.45) is 7.05 Å². The third-order valence-corrected chi connectivity index (χ3v) is 4.14. The van der Waals surface area contributed by atoms with E-state index in [1.165, 1.54) is 16.5 Å². The number of aryl methyl sites for hydroxylation is 2. The summed E-state index contributed by atoms with van der Waals surface area (Å²) < 4.78 is 12.9. The SMILES string of the molecule is Cc1ccc(-c2cnc(COc3ccc4ncn(C)c(=O)c4c3)o2)cc1. The summed E-state index contributed by atoms with van der Waals surface area (Å²) in [5.41, 5.74) is 2.68. The van der Waals surface area contributed by atoms with Gasteiger partial charge in [0.15, 0.2) is 12.4 Å². The molecule has 0 saturated heterocycles. The van der Waals surface area contributed by atoms with Gasteiger partial charge >= 0.3 is 0 Å². The van der Waals surface area contributed by atoms with Crippen LogP contribution >= 0.6 is 0 Å². The standard InChI is InChI=1S/C20H17N3O3/c1-13-3-5-14(6-4-13)18-10-21-19(26-18)11-25-15-7-8-17-16(9-15)20(24)23(2)12-22-17/h3-10,12H,11H2,1-2H3. The summed E-state index contributed by atoms with van der Waals surface area (Å²) in [6.07, 6.45) is 3.19. The molecular weight excluding hydrogens is 330 g/mol. The monoisotopic (exact) mass is 347 g/mol. The molecule has 0 atom stereocenters. The molecule has 0 bridgehead atoms. The van der Waals surface area contributed by atoms with Crippen molar-refractivity contribution >= 4 is 10.9 Å². The molecule has 0 aliphatic carbocycles. The van der Waals surface area contributed by atoms with E-state index in [2.05, 4.69) is 9.97 Å². The van der Waals surface area contributed by atoms with E-state index in [-0.39, 0.29) is 12.2 Å². The maximum absolute atomic E-state index is 12.2. The second-order valence-corrected chi connectivity index (χ2v) is 6.11. The van der Waals surface area contributed by atoms with Crippen LogP contribution in [0.3, 0.4) is 0 Å². The molecule has 0 unspecified atom stereocenters. The molecule has 130 valence electrons. The lowest BCUT2D eigenvalue weighted by atomic mass is 10.1. The van der Waals surface area contributed by atoms with E-state index >= 15 is 0 Å². The molecule has 4 rings (SSSR count). The first kappa shape index (κ1) is 16.1.